The van der Waals surface area contributed by atoms with Crippen LogP contribution in [-0.4, -0.2) is 49.8 Å². The van der Waals surface area contributed by atoms with Crippen molar-refractivity contribution in [1.82, 2.24) is 4.98 Å². The molecule has 0 radical (unpaired) electrons. The molecule has 0 atom stereocenters. The van der Waals surface area contributed by atoms with Gasteiger partial charge >= 0.3 is 0 Å². The van der Waals surface area contributed by atoms with Gasteiger partial charge in [0.05, 0.1) is 23.8 Å². The number of aryl methyl sites for hydroxylation is 1. The van der Waals surface area contributed by atoms with Gasteiger partial charge in [-0.1, -0.05) is 13.8 Å². The molecule has 6 heteroatoms. The number of hydrazone groups is 1. The van der Waals surface area contributed by atoms with E-state index < -0.39 is 0 Å². The van der Waals surface area contributed by atoms with Crippen LogP contribution in [-0.2, 0) is 4.74 Å². The van der Waals surface area contributed by atoms with Gasteiger partial charge in [0, 0.05) is 32.8 Å². The summed E-state index contributed by atoms with van der Waals surface area (Å²) in [6.07, 6.45) is 7.50. The van der Waals surface area contributed by atoms with Crippen molar-refractivity contribution in [3.63, 3.8) is 0 Å². The number of nitrogens with zero attached hydrogens (tertiary/aromatic N) is 4. The Morgan fingerprint density at radius 2 is 2.00 bits per heavy atom. The maximum Gasteiger partial charge on any atom is 0.126 e. The van der Waals surface area contributed by atoms with E-state index in [-0.39, 0.29) is 0 Å². The highest BCUT2D eigenvalue weighted by Gasteiger charge is 2.34. The van der Waals surface area contributed by atoms with Crippen LogP contribution in [0.4, 0.5) is 5.69 Å². The number of aliphatic imine (C=N–C) groups is 1. The Bertz CT molecular complexity index is 616. The van der Waals surface area contributed by atoms with Gasteiger partial charge in [-0.2, -0.15) is 5.10 Å². The summed E-state index contributed by atoms with van der Waals surface area (Å²) in [6, 6.07) is 2.14. The lowest BCUT2D eigenvalue weighted by Gasteiger charge is -2.47. The van der Waals surface area contributed by atoms with Crippen LogP contribution < -0.4 is 10.7 Å². The standard InChI is InChI=1S/C15H23N5.C5H10O/c1-5-17-8-13(19-16)14-11(2)6-12(7-18-14)20-9-15(3,4)10-20;1-2-4-6-5-3-1/h6-8H,5,9-10,16H2,1-4H3;1-5H2/b17-8?,19-13+;. The molecule has 2 aliphatic heterocycles. The molecule has 0 bridgehead atoms. The zero-order chi connectivity index (χ0) is 19.0. The summed E-state index contributed by atoms with van der Waals surface area (Å²) in [6.45, 7) is 13.4. The number of anilines is 1. The number of hydrogen-bond acceptors (Lipinski definition) is 6. The maximum atomic E-state index is 5.43. The lowest BCUT2D eigenvalue weighted by Crippen LogP contribution is -2.53. The van der Waals surface area contributed by atoms with Crippen molar-refractivity contribution < 1.29 is 4.74 Å². The van der Waals surface area contributed by atoms with Crippen LogP contribution in [0.25, 0.3) is 0 Å². The zero-order valence-electron chi connectivity index (χ0n) is 16.7. The van der Waals surface area contributed by atoms with E-state index in [1.54, 1.807) is 6.21 Å². The van der Waals surface area contributed by atoms with Crippen molar-refractivity contribution in [3.8, 4) is 0 Å². The third-order valence-electron chi connectivity index (χ3n) is 4.52. The number of aromatic nitrogens is 1. The van der Waals surface area contributed by atoms with Crippen molar-refractivity contribution in [2.24, 2.45) is 21.4 Å². The van der Waals surface area contributed by atoms with E-state index in [1.165, 1.54) is 19.3 Å². The number of rotatable bonds is 4. The Balaban J connectivity index is 0.000000342. The molecular weight excluding hydrogens is 326 g/mol. The highest BCUT2D eigenvalue weighted by molar-refractivity contribution is 6.37. The van der Waals surface area contributed by atoms with Gasteiger partial charge in [-0.25, -0.2) is 0 Å². The highest BCUT2D eigenvalue weighted by atomic mass is 16.5. The molecule has 3 rings (SSSR count). The second kappa shape index (κ2) is 9.67. The third kappa shape index (κ3) is 5.80. The van der Waals surface area contributed by atoms with E-state index in [2.05, 4.69) is 39.9 Å². The van der Waals surface area contributed by atoms with Gasteiger partial charge in [0.15, 0.2) is 0 Å². The molecule has 1 aromatic heterocycles. The van der Waals surface area contributed by atoms with E-state index in [4.69, 9.17) is 10.6 Å². The summed E-state index contributed by atoms with van der Waals surface area (Å²) in [5.41, 5.74) is 4.06. The Labute approximate surface area is 157 Å². The monoisotopic (exact) mass is 359 g/mol. The average Bonchev–Trinajstić information content (AvgIpc) is 2.63. The summed E-state index contributed by atoms with van der Waals surface area (Å²) in [7, 11) is 0. The fourth-order valence-corrected chi connectivity index (χ4v) is 3.19. The van der Waals surface area contributed by atoms with Crippen LogP contribution in [0.3, 0.4) is 0 Å². The van der Waals surface area contributed by atoms with Crippen LogP contribution in [0, 0.1) is 12.3 Å². The highest BCUT2D eigenvalue weighted by Crippen LogP contribution is 2.33. The Kier molecular flexibility index (Phi) is 7.57. The molecular formula is C20H33N5O. The van der Waals surface area contributed by atoms with Crippen LogP contribution in [0.5, 0.6) is 0 Å². The molecule has 0 unspecified atom stereocenters. The van der Waals surface area contributed by atoms with Gasteiger partial charge in [-0.05, 0) is 50.2 Å². The number of hydrogen-bond donors (Lipinski definition) is 1. The van der Waals surface area contributed by atoms with Crippen LogP contribution in [0.15, 0.2) is 22.4 Å². The molecule has 6 nitrogen and oxygen atoms in total. The molecule has 0 aromatic carbocycles. The normalized spacial score (nSPS) is 19.7. The average molecular weight is 360 g/mol. The first-order chi connectivity index (χ1) is 12.5. The van der Waals surface area contributed by atoms with Crippen LogP contribution in [0.2, 0.25) is 0 Å². The van der Waals surface area contributed by atoms with Crippen molar-refractivity contribution in [2.45, 2.75) is 47.0 Å². The predicted octanol–water partition coefficient (Wildman–Crippen LogP) is 3.18. The largest absolute Gasteiger partial charge is 0.381 e. The van der Waals surface area contributed by atoms with Gasteiger partial charge in [0.1, 0.15) is 5.71 Å². The SMILES string of the molecule is C1CCOCC1.CCN=C/C(=N\N)c1ncc(N2CC(C)(C)C2)cc1C. The number of ether oxygens (including phenoxy) is 1. The minimum absolute atomic E-state index is 0.407. The van der Waals surface area contributed by atoms with Gasteiger partial charge in [0.2, 0.25) is 0 Å². The topological polar surface area (TPSA) is 76.1 Å². The number of nitrogens with two attached hydrogens (primary N) is 1. The van der Waals surface area contributed by atoms with E-state index in [0.29, 0.717) is 17.7 Å². The molecule has 2 fully saturated rings. The van der Waals surface area contributed by atoms with Crippen molar-refractivity contribution in [2.75, 3.05) is 37.7 Å². The lowest BCUT2D eigenvalue weighted by molar-refractivity contribution is 0.0968. The second-order valence-corrected chi connectivity index (χ2v) is 7.69. The van der Waals surface area contributed by atoms with E-state index in [0.717, 1.165) is 43.2 Å². The first-order valence-corrected chi connectivity index (χ1v) is 9.54. The summed E-state index contributed by atoms with van der Waals surface area (Å²) >= 11 is 0. The molecule has 0 amide bonds. The zero-order valence-corrected chi connectivity index (χ0v) is 16.7. The fourth-order valence-electron chi connectivity index (χ4n) is 3.19. The summed E-state index contributed by atoms with van der Waals surface area (Å²) in [5, 5.41) is 3.78. The summed E-state index contributed by atoms with van der Waals surface area (Å²) in [5.74, 6) is 5.43. The molecule has 3 heterocycles. The molecule has 2 N–H and O–H groups in total. The molecule has 0 aliphatic carbocycles. The smallest absolute Gasteiger partial charge is 0.126 e. The Morgan fingerprint density at radius 1 is 1.31 bits per heavy atom. The molecule has 0 spiro atoms. The Morgan fingerprint density at radius 3 is 2.42 bits per heavy atom. The Hall–Kier alpha value is -1.95. The van der Waals surface area contributed by atoms with Gasteiger partial charge in [-0.3, -0.25) is 9.98 Å². The van der Waals surface area contributed by atoms with Crippen molar-refractivity contribution >= 4 is 17.6 Å². The lowest BCUT2D eigenvalue weighted by atomic mass is 9.84. The summed E-state index contributed by atoms with van der Waals surface area (Å²) in [4.78, 5) is 11.0. The quantitative estimate of drug-likeness (QED) is 0.509. The van der Waals surface area contributed by atoms with Gasteiger partial charge < -0.3 is 15.5 Å². The third-order valence-corrected chi connectivity index (χ3v) is 4.52. The van der Waals surface area contributed by atoms with Crippen molar-refractivity contribution in [1.29, 1.82) is 0 Å². The minimum Gasteiger partial charge on any atom is -0.381 e. The number of pyridine rings is 1. The van der Waals surface area contributed by atoms with Crippen LogP contribution in [0.1, 0.15) is 51.3 Å². The van der Waals surface area contributed by atoms with E-state index in [1.807, 2.05) is 20.0 Å². The van der Waals surface area contributed by atoms with Crippen molar-refractivity contribution in [3.05, 3.63) is 23.5 Å². The van der Waals surface area contributed by atoms with Crippen LogP contribution >= 0.6 is 0 Å². The van der Waals surface area contributed by atoms with Gasteiger partial charge in [0.25, 0.3) is 0 Å². The molecule has 0 saturated carbocycles. The maximum absolute atomic E-state index is 5.43. The summed E-state index contributed by atoms with van der Waals surface area (Å²) < 4.78 is 5.07. The predicted molar refractivity (Wildman–Crippen MR) is 109 cm³/mol. The molecule has 26 heavy (non-hydrogen) atoms. The van der Waals surface area contributed by atoms with E-state index in [9.17, 15) is 0 Å². The van der Waals surface area contributed by atoms with E-state index >= 15 is 0 Å². The first kappa shape index (κ1) is 20.4. The molecule has 2 aliphatic rings. The molecule has 1 aromatic rings. The molecule has 2 saturated heterocycles. The molecule has 144 valence electrons. The fraction of sp³-hybridized carbons (Fsp3) is 0.650. The van der Waals surface area contributed by atoms with Gasteiger partial charge in [-0.15, -0.1) is 0 Å². The second-order valence-electron chi connectivity index (χ2n) is 7.69. The minimum atomic E-state index is 0.407. The first-order valence-electron chi connectivity index (χ1n) is 9.54.